The summed E-state index contributed by atoms with van der Waals surface area (Å²) in [5.41, 5.74) is 6.13. The number of phenolic OH excluding ortho intramolecular Hbond substituents is 1. The summed E-state index contributed by atoms with van der Waals surface area (Å²) in [5, 5.41) is 19.2. The van der Waals surface area contributed by atoms with E-state index in [1.54, 1.807) is 0 Å². The number of nitrogens with zero attached hydrogens (tertiary/aromatic N) is 1. The van der Waals surface area contributed by atoms with E-state index < -0.39 is 17.6 Å². The maximum absolute atomic E-state index is 13.9. The van der Waals surface area contributed by atoms with Gasteiger partial charge >= 0.3 is 5.97 Å². The van der Waals surface area contributed by atoms with Gasteiger partial charge in [-0.05, 0) is 48.5 Å². The number of aromatic carboxylic acids is 1. The van der Waals surface area contributed by atoms with Crippen LogP contribution >= 0.6 is 0 Å². The summed E-state index contributed by atoms with van der Waals surface area (Å²) >= 11 is 0. The van der Waals surface area contributed by atoms with E-state index in [9.17, 15) is 19.1 Å². The fourth-order valence-electron chi connectivity index (χ4n) is 2.66. The Balaban J connectivity index is 2.02. The molecule has 0 amide bonds. The summed E-state index contributed by atoms with van der Waals surface area (Å²) in [6.07, 6.45) is 0. The van der Waals surface area contributed by atoms with Crippen molar-refractivity contribution in [1.82, 2.24) is 4.98 Å². The standard InChI is InChI=1S/C20H15FN2O5/c1-28-17-7-3-11(9-14(17)21)18(25)10-2-6-16(24)13(8-10)15-5-4-12(20(26)27)19(22)23-15/h2-9,24H,1H3,(H2,22,23)(H,26,27). The van der Waals surface area contributed by atoms with Gasteiger partial charge in [0.25, 0.3) is 0 Å². The molecule has 0 spiro atoms. The molecule has 2 aromatic carbocycles. The quantitative estimate of drug-likeness (QED) is 0.579. The van der Waals surface area contributed by atoms with Crippen LogP contribution in [-0.2, 0) is 0 Å². The van der Waals surface area contributed by atoms with Gasteiger partial charge in [-0.1, -0.05) is 0 Å². The number of nitrogen functional groups attached to an aromatic ring is 1. The van der Waals surface area contributed by atoms with E-state index in [-0.39, 0.29) is 45.3 Å². The molecule has 0 saturated carbocycles. The lowest BCUT2D eigenvalue weighted by molar-refractivity contribution is 0.0697. The van der Waals surface area contributed by atoms with Gasteiger partial charge in [0.1, 0.15) is 17.1 Å². The van der Waals surface area contributed by atoms with Crippen molar-refractivity contribution in [1.29, 1.82) is 0 Å². The average molecular weight is 382 g/mol. The van der Waals surface area contributed by atoms with Crippen LogP contribution in [0.3, 0.4) is 0 Å². The van der Waals surface area contributed by atoms with Crippen LogP contribution in [0.5, 0.6) is 11.5 Å². The molecule has 0 aliphatic carbocycles. The number of halogens is 1. The van der Waals surface area contributed by atoms with E-state index >= 15 is 0 Å². The number of carbonyl (C=O) groups excluding carboxylic acids is 1. The van der Waals surface area contributed by atoms with Crippen LogP contribution < -0.4 is 10.5 Å². The van der Waals surface area contributed by atoms with Crippen molar-refractivity contribution >= 4 is 17.6 Å². The molecule has 0 atom stereocenters. The molecular weight excluding hydrogens is 367 g/mol. The zero-order valence-electron chi connectivity index (χ0n) is 14.6. The van der Waals surface area contributed by atoms with Crippen LogP contribution in [0.4, 0.5) is 10.2 Å². The molecule has 1 heterocycles. The molecule has 0 bridgehead atoms. The monoisotopic (exact) mass is 382 g/mol. The highest BCUT2D eigenvalue weighted by molar-refractivity contribution is 6.09. The lowest BCUT2D eigenvalue weighted by Gasteiger charge is -2.09. The Hall–Kier alpha value is -3.94. The van der Waals surface area contributed by atoms with Crippen molar-refractivity contribution in [2.45, 2.75) is 0 Å². The minimum absolute atomic E-state index is 0.0149. The number of hydrogen-bond acceptors (Lipinski definition) is 6. The molecule has 28 heavy (non-hydrogen) atoms. The Kier molecular flexibility index (Phi) is 4.95. The third-order valence-electron chi connectivity index (χ3n) is 4.10. The number of aromatic nitrogens is 1. The molecule has 0 radical (unpaired) electrons. The summed E-state index contributed by atoms with van der Waals surface area (Å²) in [7, 11) is 1.32. The Morgan fingerprint density at radius 2 is 1.75 bits per heavy atom. The number of anilines is 1. The van der Waals surface area contributed by atoms with Gasteiger partial charge in [0, 0.05) is 16.7 Å². The second kappa shape index (κ2) is 7.36. The highest BCUT2D eigenvalue weighted by Gasteiger charge is 2.17. The third kappa shape index (κ3) is 3.48. The van der Waals surface area contributed by atoms with Crippen molar-refractivity contribution in [2.75, 3.05) is 12.8 Å². The van der Waals surface area contributed by atoms with Gasteiger partial charge < -0.3 is 20.7 Å². The van der Waals surface area contributed by atoms with Crippen molar-refractivity contribution in [3.63, 3.8) is 0 Å². The molecule has 142 valence electrons. The normalized spacial score (nSPS) is 10.5. The fraction of sp³-hybridized carbons (Fsp3) is 0.0500. The molecule has 0 unspecified atom stereocenters. The number of carboxylic acid groups (broad SMARTS) is 1. The molecule has 3 rings (SSSR count). The number of ketones is 1. The lowest BCUT2D eigenvalue weighted by Crippen LogP contribution is -2.06. The molecular formula is C20H15FN2O5. The minimum Gasteiger partial charge on any atom is -0.507 e. The Labute approximate surface area is 158 Å². The highest BCUT2D eigenvalue weighted by Crippen LogP contribution is 2.31. The first-order valence-electron chi connectivity index (χ1n) is 8.03. The van der Waals surface area contributed by atoms with Crippen LogP contribution in [0.2, 0.25) is 0 Å². The van der Waals surface area contributed by atoms with Crippen LogP contribution in [0.1, 0.15) is 26.3 Å². The number of methoxy groups -OCH3 is 1. The Morgan fingerprint density at radius 3 is 2.36 bits per heavy atom. The van der Waals surface area contributed by atoms with Crippen LogP contribution in [0.25, 0.3) is 11.3 Å². The van der Waals surface area contributed by atoms with E-state index in [0.29, 0.717) is 0 Å². The number of rotatable bonds is 5. The number of carbonyl (C=O) groups is 2. The van der Waals surface area contributed by atoms with E-state index in [1.807, 2.05) is 0 Å². The van der Waals surface area contributed by atoms with Crippen molar-refractivity contribution in [2.24, 2.45) is 0 Å². The van der Waals surface area contributed by atoms with Crippen molar-refractivity contribution < 1.29 is 28.9 Å². The Bertz CT molecular complexity index is 1100. The molecule has 4 N–H and O–H groups in total. The number of hydrogen-bond donors (Lipinski definition) is 3. The van der Waals surface area contributed by atoms with Gasteiger partial charge in [-0.2, -0.15) is 0 Å². The van der Waals surface area contributed by atoms with Gasteiger partial charge in [-0.3, -0.25) is 4.79 Å². The van der Waals surface area contributed by atoms with E-state index in [4.69, 9.17) is 15.6 Å². The Morgan fingerprint density at radius 1 is 1.07 bits per heavy atom. The first-order chi connectivity index (χ1) is 13.3. The summed E-state index contributed by atoms with van der Waals surface area (Å²) in [4.78, 5) is 27.7. The molecule has 0 fully saturated rings. The molecule has 0 aliphatic rings. The largest absolute Gasteiger partial charge is 0.507 e. The highest BCUT2D eigenvalue weighted by atomic mass is 19.1. The van der Waals surface area contributed by atoms with E-state index in [2.05, 4.69) is 4.98 Å². The zero-order valence-corrected chi connectivity index (χ0v) is 14.6. The third-order valence-corrected chi connectivity index (χ3v) is 4.10. The van der Waals surface area contributed by atoms with Gasteiger partial charge in [-0.25, -0.2) is 14.2 Å². The lowest BCUT2D eigenvalue weighted by atomic mass is 9.99. The second-order valence-corrected chi connectivity index (χ2v) is 5.84. The van der Waals surface area contributed by atoms with Gasteiger partial charge in [0.05, 0.1) is 12.8 Å². The summed E-state index contributed by atoms with van der Waals surface area (Å²) in [6, 6.07) is 10.5. The fourth-order valence-corrected chi connectivity index (χ4v) is 2.66. The number of benzene rings is 2. The van der Waals surface area contributed by atoms with Gasteiger partial charge in [-0.15, -0.1) is 0 Å². The first-order valence-corrected chi connectivity index (χ1v) is 8.03. The molecule has 0 saturated heterocycles. The maximum Gasteiger partial charge on any atom is 0.339 e. The molecule has 8 heteroatoms. The minimum atomic E-state index is -1.23. The van der Waals surface area contributed by atoms with Gasteiger partial charge in [0.2, 0.25) is 0 Å². The van der Waals surface area contributed by atoms with Crippen LogP contribution in [-0.4, -0.2) is 34.1 Å². The topological polar surface area (TPSA) is 123 Å². The SMILES string of the molecule is COc1ccc(C(=O)c2ccc(O)c(-c3ccc(C(=O)O)c(N)n3)c2)cc1F. The predicted octanol–water partition coefficient (Wildman–Crippen LogP) is 3.11. The summed E-state index contributed by atoms with van der Waals surface area (Å²) in [5.74, 6) is -2.76. The number of carboxylic acids is 1. The van der Waals surface area contributed by atoms with Crippen molar-refractivity contribution in [3.05, 3.63) is 71.0 Å². The molecule has 1 aromatic heterocycles. The zero-order chi connectivity index (χ0) is 20.4. The smallest absolute Gasteiger partial charge is 0.339 e. The number of aromatic hydroxyl groups is 1. The molecule has 7 nitrogen and oxygen atoms in total. The van der Waals surface area contributed by atoms with Gasteiger partial charge in [0.15, 0.2) is 17.3 Å². The van der Waals surface area contributed by atoms with Crippen molar-refractivity contribution in [3.8, 4) is 22.8 Å². The first kappa shape index (κ1) is 18.8. The number of ether oxygens (including phenoxy) is 1. The molecule has 0 aliphatic heterocycles. The second-order valence-electron chi connectivity index (χ2n) is 5.84. The number of phenols is 1. The van der Waals surface area contributed by atoms with Crippen LogP contribution in [0, 0.1) is 5.82 Å². The summed E-state index contributed by atoms with van der Waals surface area (Å²) < 4.78 is 18.7. The average Bonchev–Trinajstić information content (AvgIpc) is 2.67. The van der Waals surface area contributed by atoms with E-state index in [1.165, 1.54) is 49.6 Å². The number of nitrogens with two attached hydrogens (primary N) is 1. The van der Waals surface area contributed by atoms with E-state index in [0.717, 1.165) is 6.07 Å². The number of pyridine rings is 1. The molecule has 3 aromatic rings. The summed E-state index contributed by atoms with van der Waals surface area (Å²) in [6.45, 7) is 0. The maximum atomic E-state index is 13.9. The van der Waals surface area contributed by atoms with Crippen LogP contribution in [0.15, 0.2) is 48.5 Å². The predicted molar refractivity (Wildman–Crippen MR) is 99.1 cm³/mol.